The number of ketones is 1. The summed E-state index contributed by atoms with van der Waals surface area (Å²) in [6.45, 7) is 0. The second-order valence-electron chi connectivity index (χ2n) is 4.82. The lowest BCUT2D eigenvalue weighted by atomic mass is 10.1. The molecule has 0 aliphatic heterocycles. The van der Waals surface area contributed by atoms with Gasteiger partial charge in [-0.3, -0.25) is 9.59 Å². The van der Waals surface area contributed by atoms with Gasteiger partial charge in [-0.1, -0.05) is 12.1 Å². The van der Waals surface area contributed by atoms with Crippen LogP contribution in [0.1, 0.15) is 24.5 Å². The Morgan fingerprint density at radius 2 is 2.00 bits per heavy atom. The summed E-state index contributed by atoms with van der Waals surface area (Å²) in [5, 5.41) is 11.4. The van der Waals surface area contributed by atoms with Gasteiger partial charge in [0.05, 0.1) is 0 Å². The molecule has 2 N–H and O–H groups in total. The second kappa shape index (κ2) is 9.29. The molecule has 0 radical (unpaired) electrons. The third kappa shape index (κ3) is 5.71. The van der Waals surface area contributed by atoms with E-state index in [-0.39, 0.29) is 12.8 Å². The first-order chi connectivity index (χ1) is 11.4. The highest BCUT2D eigenvalue weighted by molar-refractivity contribution is 6.25. The van der Waals surface area contributed by atoms with Gasteiger partial charge in [0.1, 0.15) is 11.9 Å². The maximum absolute atomic E-state index is 12.9. The van der Waals surface area contributed by atoms with Crippen LogP contribution in [-0.2, 0) is 19.1 Å². The lowest BCUT2D eigenvalue weighted by Crippen LogP contribution is -2.43. The molecule has 1 aromatic carbocycles. The molecule has 2 atom stereocenters. The van der Waals surface area contributed by atoms with Crippen molar-refractivity contribution in [1.29, 1.82) is 0 Å². The summed E-state index contributed by atoms with van der Waals surface area (Å²) in [6.07, 6.45) is -0.888. The van der Waals surface area contributed by atoms with E-state index in [1.165, 1.54) is 19.2 Å². The van der Waals surface area contributed by atoms with Crippen molar-refractivity contribution in [2.24, 2.45) is 0 Å². The fourth-order valence-electron chi connectivity index (χ4n) is 1.95. The fourth-order valence-corrected chi connectivity index (χ4v) is 1.95. The van der Waals surface area contributed by atoms with Gasteiger partial charge < -0.3 is 20.7 Å². The van der Waals surface area contributed by atoms with Gasteiger partial charge in [0.2, 0.25) is 5.78 Å². The summed E-state index contributed by atoms with van der Waals surface area (Å²) in [5.74, 6) is -3.13. The Bertz CT molecular complexity index is 656. The number of ether oxygens (including phenoxy) is 1. The van der Waals surface area contributed by atoms with Gasteiger partial charge in [0.25, 0.3) is 5.91 Å². The highest BCUT2D eigenvalue weighted by Crippen LogP contribution is 2.18. The van der Waals surface area contributed by atoms with Crippen LogP contribution in [-0.4, -0.2) is 46.9 Å². The number of nitrogens with one attached hydrogen (secondary N) is 1. The maximum atomic E-state index is 12.9. The average molecular weight is 337 g/mol. The number of carboxylic acid groups (broad SMARTS) is 1. The molecule has 0 aliphatic carbocycles. The maximum Gasteiger partial charge on any atom is 0.326 e. The highest BCUT2D eigenvalue weighted by Gasteiger charge is 2.27. The van der Waals surface area contributed by atoms with Crippen LogP contribution in [0.5, 0.6) is 0 Å². The van der Waals surface area contributed by atoms with Gasteiger partial charge >= 0.3 is 12.2 Å². The third-order valence-corrected chi connectivity index (χ3v) is 3.14. The number of halogens is 1. The Kier molecular flexibility index (Phi) is 7.41. The number of aliphatic carboxylic acids is 1. The fraction of sp³-hybridized carbons (Fsp3) is 0.333. The van der Waals surface area contributed by atoms with E-state index in [0.717, 1.165) is 12.1 Å². The summed E-state index contributed by atoms with van der Waals surface area (Å²) in [7, 11) is 1.25. The van der Waals surface area contributed by atoms with Crippen molar-refractivity contribution in [2.75, 3.05) is 7.11 Å². The van der Waals surface area contributed by atoms with E-state index in [0.29, 0.717) is 11.8 Å². The number of carboxylic acids is 1. The van der Waals surface area contributed by atoms with Gasteiger partial charge in [-0.15, -0.1) is 0 Å². The van der Waals surface area contributed by atoms with Crippen molar-refractivity contribution in [3.63, 3.8) is 0 Å². The van der Waals surface area contributed by atoms with E-state index >= 15 is 0 Å². The van der Waals surface area contributed by atoms with Crippen LogP contribution >= 0.6 is 0 Å². The van der Waals surface area contributed by atoms with Gasteiger partial charge in [0.15, 0.2) is 6.10 Å². The quantitative estimate of drug-likeness (QED) is 0.390. The molecule has 1 rings (SSSR count). The van der Waals surface area contributed by atoms with Crippen molar-refractivity contribution in [3.05, 3.63) is 41.2 Å². The van der Waals surface area contributed by atoms with Crippen molar-refractivity contribution < 1.29 is 33.4 Å². The number of Topliss-reactive ketones (excluding diaryl/α,β-unsaturated/α-hetero) is 1. The Hall–Kier alpha value is -2.90. The molecule has 1 amide bonds. The molecule has 0 saturated carbocycles. The van der Waals surface area contributed by atoms with Crippen LogP contribution in [0.4, 0.5) is 4.39 Å². The van der Waals surface area contributed by atoms with Crippen molar-refractivity contribution >= 4 is 23.9 Å². The van der Waals surface area contributed by atoms with Crippen molar-refractivity contribution in [1.82, 2.24) is 5.32 Å². The van der Waals surface area contributed by atoms with Crippen LogP contribution < -0.4 is 5.32 Å². The number of rotatable bonds is 9. The molecule has 128 valence electrons. The zero-order chi connectivity index (χ0) is 18.1. The molecule has 0 bridgehead atoms. The van der Waals surface area contributed by atoms with Gasteiger partial charge in [-0.05, 0) is 24.1 Å². The van der Waals surface area contributed by atoms with E-state index in [2.05, 4.69) is 10.1 Å². The minimum Gasteiger partial charge on any atom is -0.480 e. The first-order valence-electron chi connectivity index (χ1n) is 6.90. The van der Waals surface area contributed by atoms with E-state index in [1.807, 2.05) is 0 Å². The average Bonchev–Trinajstić information content (AvgIpc) is 2.53. The largest absolute Gasteiger partial charge is 0.480 e. The zero-order valence-corrected chi connectivity index (χ0v) is 12.8. The number of carbonyl (C=O) groups excluding carboxylic acids is 2. The Morgan fingerprint density at radius 3 is 2.50 bits per heavy atom. The first-order valence-corrected chi connectivity index (χ1v) is 6.90. The summed E-state index contributed by atoms with van der Waals surface area (Å²) in [5.41, 5.74) is 8.58. The Balaban J connectivity index is 2.78. The molecule has 24 heavy (non-hydrogen) atoms. The predicted octanol–water partition coefficient (Wildman–Crippen LogP) is 0.732. The molecule has 0 heterocycles. The summed E-state index contributed by atoms with van der Waals surface area (Å²) in [6, 6.07) is 3.67. The van der Waals surface area contributed by atoms with E-state index in [4.69, 9.17) is 15.4 Å². The van der Waals surface area contributed by atoms with Crippen LogP contribution in [0.15, 0.2) is 24.3 Å². The van der Waals surface area contributed by atoms with Crippen LogP contribution in [0.25, 0.3) is 5.53 Å². The van der Waals surface area contributed by atoms with Crippen LogP contribution in [0, 0.1) is 5.82 Å². The topological polar surface area (TPSA) is 129 Å². The standard InChI is InChI=1S/C15H16FN3O5/c1-24-13(9-2-4-10(16)5-3-9)14(21)19-12(15(22)23)7-6-11(20)8-18-17/h2-5,8,12-13H,6-7H2,1H3,(H,19,21)(H,22,23)/t12-,13-/m0/s1. The second-order valence-corrected chi connectivity index (χ2v) is 4.82. The SMILES string of the molecule is CO[C@H](C(=O)N[C@@H](CCC(=O)C=[N+]=[N-])C(=O)O)c1ccc(F)cc1. The summed E-state index contributed by atoms with van der Waals surface area (Å²) in [4.78, 5) is 37.2. The normalized spacial score (nSPS) is 12.6. The van der Waals surface area contributed by atoms with E-state index in [9.17, 15) is 18.8 Å². The van der Waals surface area contributed by atoms with E-state index < -0.39 is 35.6 Å². The number of carbonyl (C=O) groups is 3. The number of benzene rings is 1. The molecule has 1 aromatic rings. The molecule has 0 aromatic heterocycles. The number of nitrogens with zero attached hydrogens (tertiary/aromatic N) is 2. The van der Waals surface area contributed by atoms with Gasteiger partial charge in [-0.25, -0.2) is 9.18 Å². The molecule has 8 nitrogen and oxygen atoms in total. The first kappa shape index (κ1) is 19.1. The molecule has 0 spiro atoms. The predicted molar refractivity (Wildman–Crippen MR) is 79.6 cm³/mol. The molecule has 9 heteroatoms. The lowest BCUT2D eigenvalue weighted by molar-refractivity contribution is -0.144. The van der Waals surface area contributed by atoms with Gasteiger partial charge in [0, 0.05) is 13.5 Å². The Labute approximate surface area is 136 Å². The number of hydrogen-bond acceptors (Lipinski definition) is 4. The summed E-state index contributed by atoms with van der Waals surface area (Å²) >= 11 is 0. The smallest absolute Gasteiger partial charge is 0.326 e. The third-order valence-electron chi connectivity index (χ3n) is 3.14. The number of methoxy groups -OCH3 is 1. The van der Waals surface area contributed by atoms with Crippen LogP contribution in [0.2, 0.25) is 0 Å². The molecule has 0 aliphatic rings. The van der Waals surface area contributed by atoms with Crippen LogP contribution in [0.3, 0.4) is 0 Å². The minimum absolute atomic E-state index is 0.189. The number of hydrogen-bond donors (Lipinski definition) is 2. The lowest BCUT2D eigenvalue weighted by Gasteiger charge is -2.19. The summed E-state index contributed by atoms with van der Waals surface area (Å²) < 4.78 is 18.0. The molecular weight excluding hydrogens is 321 g/mol. The van der Waals surface area contributed by atoms with Crippen molar-refractivity contribution in [3.8, 4) is 0 Å². The Morgan fingerprint density at radius 1 is 1.38 bits per heavy atom. The zero-order valence-electron chi connectivity index (χ0n) is 12.8. The monoisotopic (exact) mass is 337 g/mol. The molecule has 0 fully saturated rings. The van der Waals surface area contributed by atoms with Crippen molar-refractivity contribution in [2.45, 2.75) is 25.0 Å². The highest BCUT2D eigenvalue weighted by atomic mass is 19.1. The number of amides is 1. The van der Waals surface area contributed by atoms with Gasteiger partial charge in [-0.2, -0.15) is 4.79 Å². The molecule has 0 unspecified atom stereocenters. The minimum atomic E-state index is -1.33. The molecular formula is C15H16FN3O5. The van der Waals surface area contributed by atoms with E-state index in [1.54, 1.807) is 0 Å². The molecule has 0 saturated heterocycles.